The van der Waals surface area contributed by atoms with Crippen molar-refractivity contribution in [2.45, 2.75) is 19.3 Å². The fourth-order valence-electron chi connectivity index (χ4n) is 3.28. The number of hydrogen-bond donors (Lipinski definition) is 1. The molecule has 2 aliphatic rings. The number of benzene rings is 1. The van der Waals surface area contributed by atoms with Crippen molar-refractivity contribution in [2.24, 2.45) is 11.3 Å². The Bertz CT molecular complexity index is 332. The third kappa shape index (κ3) is 1.05. The van der Waals surface area contributed by atoms with E-state index in [2.05, 4.69) is 42.6 Å². The molecule has 0 radical (unpaired) electrons. The Morgan fingerprint density at radius 1 is 1.29 bits per heavy atom. The summed E-state index contributed by atoms with van der Waals surface area (Å²) in [5, 5.41) is 3.52. The van der Waals surface area contributed by atoms with Crippen molar-refractivity contribution in [3.63, 3.8) is 0 Å². The van der Waals surface area contributed by atoms with Crippen molar-refractivity contribution in [3.8, 4) is 0 Å². The zero-order valence-electron chi connectivity index (χ0n) is 8.66. The van der Waals surface area contributed by atoms with Gasteiger partial charge in [-0.05, 0) is 35.8 Å². The second-order valence-electron chi connectivity index (χ2n) is 5.11. The summed E-state index contributed by atoms with van der Waals surface area (Å²) in [4.78, 5) is 0. The summed E-state index contributed by atoms with van der Waals surface area (Å²) in [6.45, 7) is 4.87. The predicted octanol–water partition coefficient (Wildman–Crippen LogP) is 2.40. The van der Waals surface area contributed by atoms with Crippen molar-refractivity contribution < 1.29 is 0 Å². The minimum Gasteiger partial charge on any atom is -0.316 e. The molecule has 0 unspecified atom stereocenters. The fourth-order valence-corrected chi connectivity index (χ4v) is 3.28. The number of hydrogen-bond acceptors (Lipinski definition) is 1. The first kappa shape index (κ1) is 8.49. The van der Waals surface area contributed by atoms with Crippen LogP contribution in [-0.2, 0) is 0 Å². The van der Waals surface area contributed by atoms with Gasteiger partial charge in [-0.2, -0.15) is 0 Å². The Labute approximate surface area is 85.5 Å². The molecular formula is C13H17N. The Kier molecular flexibility index (Phi) is 1.72. The quantitative estimate of drug-likeness (QED) is 0.712. The van der Waals surface area contributed by atoms with E-state index >= 15 is 0 Å². The lowest BCUT2D eigenvalue weighted by atomic mass is 9.54. The van der Waals surface area contributed by atoms with Crippen LogP contribution in [0.25, 0.3) is 0 Å². The lowest BCUT2D eigenvalue weighted by Gasteiger charge is -2.49. The average molecular weight is 187 g/mol. The van der Waals surface area contributed by atoms with Crippen LogP contribution in [0.3, 0.4) is 0 Å². The molecule has 1 aromatic carbocycles. The van der Waals surface area contributed by atoms with E-state index in [1.165, 1.54) is 19.5 Å². The van der Waals surface area contributed by atoms with E-state index in [1.54, 1.807) is 5.56 Å². The first-order valence-electron chi connectivity index (χ1n) is 5.55. The molecule has 1 heteroatoms. The Morgan fingerprint density at radius 3 is 2.79 bits per heavy atom. The highest BCUT2D eigenvalue weighted by Crippen LogP contribution is 2.57. The lowest BCUT2D eigenvalue weighted by molar-refractivity contribution is 0.0729. The molecule has 3 atom stereocenters. The second kappa shape index (κ2) is 2.83. The van der Waals surface area contributed by atoms with E-state index < -0.39 is 0 Å². The summed E-state index contributed by atoms with van der Waals surface area (Å²) in [5.41, 5.74) is 2.14. The third-order valence-corrected chi connectivity index (χ3v) is 4.19. The van der Waals surface area contributed by atoms with Crippen molar-refractivity contribution in [2.75, 3.05) is 13.1 Å². The van der Waals surface area contributed by atoms with Gasteiger partial charge in [0.05, 0.1) is 0 Å². The molecule has 1 N–H and O–H groups in total. The molecule has 0 spiro atoms. The highest BCUT2D eigenvalue weighted by atomic mass is 15.0. The minimum atomic E-state index is 0.598. The molecule has 1 aromatic rings. The van der Waals surface area contributed by atoms with E-state index in [0.717, 1.165) is 11.8 Å². The van der Waals surface area contributed by atoms with Crippen molar-refractivity contribution in [3.05, 3.63) is 35.9 Å². The van der Waals surface area contributed by atoms with Crippen LogP contribution < -0.4 is 5.32 Å². The maximum absolute atomic E-state index is 3.52. The van der Waals surface area contributed by atoms with Crippen molar-refractivity contribution in [1.82, 2.24) is 5.32 Å². The molecule has 0 aromatic heterocycles. The van der Waals surface area contributed by atoms with Crippen LogP contribution in [0.1, 0.15) is 24.8 Å². The number of rotatable bonds is 1. The van der Waals surface area contributed by atoms with Crippen LogP contribution in [-0.4, -0.2) is 13.1 Å². The SMILES string of the molecule is C[C@@]12CNC[C@@H]1[C@@H](c1ccccc1)C2. The fraction of sp³-hybridized carbons (Fsp3) is 0.538. The molecule has 1 nitrogen and oxygen atoms in total. The van der Waals surface area contributed by atoms with E-state index in [9.17, 15) is 0 Å². The van der Waals surface area contributed by atoms with Gasteiger partial charge in [0, 0.05) is 6.54 Å². The Hall–Kier alpha value is -0.820. The maximum Gasteiger partial charge on any atom is 0.000886 e. The summed E-state index contributed by atoms with van der Waals surface area (Å²) in [6, 6.07) is 11.0. The van der Waals surface area contributed by atoms with E-state index in [0.29, 0.717) is 5.41 Å². The van der Waals surface area contributed by atoms with Crippen LogP contribution in [0.4, 0.5) is 0 Å². The van der Waals surface area contributed by atoms with Gasteiger partial charge in [-0.3, -0.25) is 0 Å². The summed E-state index contributed by atoms with van der Waals surface area (Å²) in [7, 11) is 0. The van der Waals surface area contributed by atoms with Gasteiger partial charge in [0.1, 0.15) is 0 Å². The standard InChI is InChI=1S/C13H17N/c1-13-7-11(12(13)8-14-9-13)10-5-3-2-4-6-10/h2-6,11-12,14H,7-9H2,1H3/t11-,12-,13-/m1/s1. The van der Waals surface area contributed by atoms with Gasteiger partial charge in [0.2, 0.25) is 0 Å². The molecular weight excluding hydrogens is 170 g/mol. The molecule has 1 saturated heterocycles. The predicted molar refractivity (Wildman–Crippen MR) is 58.3 cm³/mol. The van der Waals surface area contributed by atoms with Crippen molar-refractivity contribution in [1.29, 1.82) is 0 Å². The summed E-state index contributed by atoms with van der Waals surface area (Å²) >= 11 is 0. The van der Waals surface area contributed by atoms with Gasteiger partial charge in [0.15, 0.2) is 0 Å². The van der Waals surface area contributed by atoms with Gasteiger partial charge in [-0.15, -0.1) is 0 Å². The normalized spacial score (nSPS) is 40.4. The molecule has 1 aliphatic heterocycles. The number of nitrogens with one attached hydrogen (secondary N) is 1. The minimum absolute atomic E-state index is 0.598. The van der Waals surface area contributed by atoms with Crippen molar-refractivity contribution >= 4 is 0 Å². The topological polar surface area (TPSA) is 12.0 Å². The number of fused-ring (bicyclic) bond motifs is 1. The van der Waals surface area contributed by atoms with Crippen LogP contribution in [0.5, 0.6) is 0 Å². The molecule has 0 amide bonds. The molecule has 1 aliphatic carbocycles. The molecule has 3 rings (SSSR count). The largest absolute Gasteiger partial charge is 0.316 e. The van der Waals surface area contributed by atoms with E-state index in [4.69, 9.17) is 0 Å². The molecule has 1 saturated carbocycles. The summed E-state index contributed by atoms with van der Waals surface area (Å²) in [5.74, 6) is 1.70. The molecule has 0 bridgehead atoms. The third-order valence-electron chi connectivity index (χ3n) is 4.19. The van der Waals surface area contributed by atoms with Crippen LogP contribution >= 0.6 is 0 Å². The molecule has 2 fully saturated rings. The summed E-state index contributed by atoms with van der Waals surface area (Å²) in [6.07, 6.45) is 1.37. The van der Waals surface area contributed by atoms with Crippen LogP contribution in [0.2, 0.25) is 0 Å². The van der Waals surface area contributed by atoms with Crippen LogP contribution in [0.15, 0.2) is 30.3 Å². The van der Waals surface area contributed by atoms with Gasteiger partial charge >= 0.3 is 0 Å². The van der Waals surface area contributed by atoms with Crippen LogP contribution in [0, 0.1) is 11.3 Å². The molecule has 74 valence electrons. The summed E-state index contributed by atoms with van der Waals surface area (Å²) < 4.78 is 0. The Morgan fingerprint density at radius 2 is 2.07 bits per heavy atom. The molecule has 1 heterocycles. The van der Waals surface area contributed by atoms with E-state index in [-0.39, 0.29) is 0 Å². The lowest BCUT2D eigenvalue weighted by Crippen LogP contribution is -2.43. The highest BCUT2D eigenvalue weighted by Gasteiger charge is 2.53. The monoisotopic (exact) mass is 187 g/mol. The Balaban J connectivity index is 1.84. The molecule has 14 heavy (non-hydrogen) atoms. The smallest absolute Gasteiger partial charge is 0.000886 e. The zero-order chi connectivity index (χ0) is 9.60. The average Bonchev–Trinajstić information content (AvgIpc) is 2.48. The van der Waals surface area contributed by atoms with Gasteiger partial charge < -0.3 is 5.32 Å². The first-order valence-corrected chi connectivity index (χ1v) is 5.55. The van der Waals surface area contributed by atoms with Gasteiger partial charge in [0.25, 0.3) is 0 Å². The highest BCUT2D eigenvalue weighted by molar-refractivity contribution is 5.27. The van der Waals surface area contributed by atoms with Gasteiger partial charge in [-0.1, -0.05) is 37.3 Å². The zero-order valence-corrected chi connectivity index (χ0v) is 8.66. The first-order chi connectivity index (χ1) is 6.80. The van der Waals surface area contributed by atoms with E-state index in [1.807, 2.05) is 0 Å². The maximum atomic E-state index is 3.52. The second-order valence-corrected chi connectivity index (χ2v) is 5.11. The van der Waals surface area contributed by atoms with Gasteiger partial charge in [-0.25, -0.2) is 0 Å².